The van der Waals surface area contributed by atoms with Crippen LogP contribution in [0, 0.1) is 6.92 Å². The molecule has 1 nitrogen and oxygen atoms in total. The van der Waals surface area contributed by atoms with Crippen LogP contribution in [0.5, 0.6) is 0 Å². The molecule has 15 heavy (non-hydrogen) atoms. The van der Waals surface area contributed by atoms with Gasteiger partial charge in [-0.2, -0.15) is 0 Å². The molecule has 0 saturated carbocycles. The van der Waals surface area contributed by atoms with Gasteiger partial charge in [0.2, 0.25) is 0 Å². The van der Waals surface area contributed by atoms with Crippen LogP contribution in [0.25, 0.3) is 0 Å². The van der Waals surface area contributed by atoms with Gasteiger partial charge in [0.1, 0.15) is 0 Å². The average Bonchev–Trinajstić information content (AvgIpc) is 2.39. The van der Waals surface area contributed by atoms with Crippen molar-refractivity contribution in [3.63, 3.8) is 0 Å². The predicted octanol–water partition coefficient (Wildman–Crippen LogP) is 1.81. The maximum absolute atomic E-state index is 3.89. The van der Waals surface area contributed by atoms with Crippen molar-refractivity contribution < 1.29 is 0 Å². The Morgan fingerprint density at radius 2 is 2.27 bits per heavy atom. The summed E-state index contributed by atoms with van der Waals surface area (Å²) in [6.45, 7) is 9.53. The summed E-state index contributed by atoms with van der Waals surface area (Å²) in [7, 11) is 2.35. The van der Waals surface area contributed by atoms with Gasteiger partial charge in [0.25, 0.3) is 0 Å². The van der Waals surface area contributed by atoms with E-state index in [1.54, 1.807) is 3.61 Å². The summed E-state index contributed by atoms with van der Waals surface area (Å²) in [5.74, 6) is 0. The Bertz CT molecular complexity index is 400. The average molecular weight is 316 g/mol. The number of nitrogens with zero attached hydrogens (tertiary/aromatic N) is 1. The Hall–Kier alpha value is -0.290. The second-order valence-corrected chi connectivity index (χ2v) is 8.30. The fraction of sp³-hybridized carbons (Fsp3) is 0.385. The summed E-state index contributed by atoms with van der Waals surface area (Å²) < 4.78 is 3.52. The Morgan fingerprint density at radius 3 is 2.93 bits per heavy atom. The molecule has 2 rings (SSSR count). The first-order valence-corrected chi connectivity index (χ1v) is 7.83. The summed E-state index contributed by atoms with van der Waals surface area (Å²) >= 11 is -0.0222. The van der Waals surface area contributed by atoms with Crippen molar-refractivity contribution in [2.75, 3.05) is 13.6 Å². The van der Waals surface area contributed by atoms with Gasteiger partial charge in [0, 0.05) is 0 Å². The minimum atomic E-state index is -0.0222. The molecule has 0 N–H and O–H groups in total. The molecule has 1 aliphatic heterocycles. The van der Waals surface area contributed by atoms with E-state index >= 15 is 0 Å². The van der Waals surface area contributed by atoms with Crippen molar-refractivity contribution in [3.05, 3.63) is 36.4 Å². The summed E-state index contributed by atoms with van der Waals surface area (Å²) in [6, 6.07) is 6.95. The van der Waals surface area contributed by atoms with Crippen LogP contribution in [0.1, 0.15) is 12.5 Å². The number of benzene rings is 1. The number of hydrogen-bond donors (Lipinski definition) is 0. The number of rotatable bonds is 2. The van der Waals surface area contributed by atoms with Gasteiger partial charge in [-0.1, -0.05) is 0 Å². The molecule has 1 aromatic rings. The Labute approximate surface area is 102 Å². The first kappa shape index (κ1) is 11.2. The van der Waals surface area contributed by atoms with Gasteiger partial charge < -0.3 is 0 Å². The number of aryl methyl sites for hydroxylation is 1. The van der Waals surface area contributed by atoms with Crippen molar-refractivity contribution >= 4 is 30.2 Å². The maximum atomic E-state index is 3.89. The normalized spacial score (nSPS) is 28.9. The van der Waals surface area contributed by atoms with E-state index in [0.29, 0.717) is 0 Å². The van der Waals surface area contributed by atoms with Crippen LogP contribution in [0.2, 0.25) is 0 Å². The quantitative estimate of drug-likeness (QED) is 0.443. The molecular formula is C13H18NTe+. The molecular weight excluding hydrogens is 298 g/mol. The molecule has 0 bridgehead atoms. The summed E-state index contributed by atoms with van der Waals surface area (Å²) in [6.07, 6.45) is 2.05. The van der Waals surface area contributed by atoms with E-state index in [4.69, 9.17) is 0 Å². The van der Waals surface area contributed by atoms with E-state index in [0.717, 1.165) is 15.1 Å². The van der Waals surface area contributed by atoms with E-state index < -0.39 is 0 Å². The molecule has 0 fully saturated rings. The fourth-order valence-corrected chi connectivity index (χ4v) is 6.29. The molecule has 2 unspecified atom stereocenters. The van der Waals surface area contributed by atoms with E-state index in [-0.39, 0.29) is 20.9 Å². The number of hydrogen-bond acceptors (Lipinski definition) is 0. The molecule has 80 valence electrons. The molecule has 0 spiro atoms. The molecule has 0 aliphatic carbocycles. The predicted molar refractivity (Wildman–Crippen MR) is 68.8 cm³/mol. The van der Waals surface area contributed by atoms with Crippen LogP contribution in [0.3, 0.4) is 0 Å². The zero-order valence-electron chi connectivity index (χ0n) is 9.66. The van der Waals surface area contributed by atoms with Crippen LogP contribution in [0.4, 0.5) is 5.69 Å². The van der Waals surface area contributed by atoms with Crippen molar-refractivity contribution in [3.8, 4) is 0 Å². The van der Waals surface area contributed by atoms with Crippen LogP contribution < -0.4 is 8.09 Å². The molecule has 0 radical (unpaired) electrons. The van der Waals surface area contributed by atoms with Gasteiger partial charge in [-0.15, -0.1) is 0 Å². The molecule has 0 amide bonds. The molecule has 1 aliphatic rings. The number of likely N-dealkylation sites (N-methyl/N-ethyl adjacent to an activating group) is 1. The van der Waals surface area contributed by atoms with Gasteiger partial charge >= 0.3 is 103 Å². The Balaban J connectivity index is 2.50. The number of quaternary nitrogens is 1. The van der Waals surface area contributed by atoms with Gasteiger partial charge in [-0.25, -0.2) is 0 Å². The summed E-state index contributed by atoms with van der Waals surface area (Å²) in [5.41, 5.74) is 2.94. The third-order valence-electron chi connectivity index (χ3n) is 3.27. The molecule has 1 aromatic carbocycles. The van der Waals surface area contributed by atoms with E-state index in [1.807, 2.05) is 0 Å². The Morgan fingerprint density at radius 1 is 1.53 bits per heavy atom. The third kappa shape index (κ3) is 1.76. The van der Waals surface area contributed by atoms with Crippen molar-refractivity contribution in [1.29, 1.82) is 0 Å². The van der Waals surface area contributed by atoms with Crippen molar-refractivity contribution in [2.45, 2.75) is 17.9 Å². The fourth-order valence-electron chi connectivity index (χ4n) is 2.15. The van der Waals surface area contributed by atoms with E-state index in [9.17, 15) is 0 Å². The topological polar surface area (TPSA) is 0 Å². The second kappa shape index (κ2) is 3.94. The molecule has 0 saturated heterocycles. The van der Waals surface area contributed by atoms with Gasteiger partial charge in [0.05, 0.1) is 0 Å². The monoisotopic (exact) mass is 318 g/mol. The van der Waals surface area contributed by atoms with E-state index in [1.165, 1.54) is 11.3 Å². The van der Waals surface area contributed by atoms with Crippen LogP contribution in [-0.4, -0.2) is 38.6 Å². The summed E-state index contributed by atoms with van der Waals surface area (Å²) in [5, 5.41) is 0. The number of fused-ring (bicyclic) bond motifs is 1. The Kier molecular flexibility index (Phi) is 2.94. The zero-order chi connectivity index (χ0) is 11.1. The zero-order valence-corrected chi connectivity index (χ0v) is 12.0. The van der Waals surface area contributed by atoms with Gasteiger partial charge in [0.15, 0.2) is 0 Å². The van der Waals surface area contributed by atoms with Crippen LogP contribution in [0.15, 0.2) is 30.9 Å². The first-order chi connectivity index (χ1) is 7.08. The SMILES string of the molecule is C=CC[N+]1(C)c2ccc(C)cc2[Te]C1C. The van der Waals surface area contributed by atoms with Crippen molar-refractivity contribution in [2.24, 2.45) is 0 Å². The molecule has 0 aromatic heterocycles. The van der Waals surface area contributed by atoms with Crippen LogP contribution >= 0.6 is 0 Å². The minimum absolute atomic E-state index is 0.0222. The van der Waals surface area contributed by atoms with Gasteiger partial charge in [-0.05, 0) is 0 Å². The molecule has 2 atom stereocenters. The third-order valence-corrected chi connectivity index (χ3v) is 7.23. The van der Waals surface area contributed by atoms with E-state index in [2.05, 4.69) is 51.7 Å². The second-order valence-electron chi connectivity index (χ2n) is 4.43. The summed E-state index contributed by atoms with van der Waals surface area (Å²) in [4.78, 5) is 0. The molecule has 1 heterocycles. The van der Waals surface area contributed by atoms with Gasteiger partial charge in [-0.3, -0.25) is 0 Å². The van der Waals surface area contributed by atoms with Crippen LogP contribution in [-0.2, 0) is 0 Å². The standard InChI is InChI=1S/C13H18NTe/c1-5-8-14(4)11(3)15-13-9-10(2)6-7-12(13)14/h5-7,9,11H,1,8H2,2-4H3/q+1. The van der Waals surface area contributed by atoms with Crippen molar-refractivity contribution in [1.82, 2.24) is 4.48 Å². The first-order valence-electron chi connectivity index (χ1n) is 5.32. The molecule has 2 heteroatoms.